The van der Waals surface area contributed by atoms with Crippen molar-refractivity contribution in [2.24, 2.45) is 0 Å². The van der Waals surface area contributed by atoms with Crippen molar-refractivity contribution >= 4 is 15.7 Å². The molecule has 4 rings (SSSR count). The molecule has 0 aliphatic carbocycles. The van der Waals surface area contributed by atoms with Crippen molar-refractivity contribution in [3.8, 4) is 0 Å². The number of hydrogen-bond acceptors (Lipinski definition) is 6. The highest BCUT2D eigenvalue weighted by Crippen LogP contribution is 2.23. The van der Waals surface area contributed by atoms with Crippen LogP contribution in [0.3, 0.4) is 0 Å². The van der Waals surface area contributed by atoms with Crippen molar-refractivity contribution in [3.05, 3.63) is 47.5 Å². The summed E-state index contributed by atoms with van der Waals surface area (Å²) in [6.07, 6.45) is 5.03. The third kappa shape index (κ3) is 5.99. The highest BCUT2D eigenvalue weighted by Gasteiger charge is 2.29. The minimum absolute atomic E-state index is 0.00915. The summed E-state index contributed by atoms with van der Waals surface area (Å²) >= 11 is 0. The van der Waals surface area contributed by atoms with Crippen LogP contribution in [0, 0.1) is 5.82 Å². The lowest BCUT2D eigenvalue weighted by Crippen LogP contribution is -2.36. The molecule has 10 heteroatoms. The zero-order valence-corrected chi connectivity index (χ0v) is 19.6. The molecule has 2 unspecified atom stereocenters. The van der Waals surface area contributed by atoms with Crippen molar-refractivity contribution in [2.45, 2.75) is 68.8 Å². The summed E-state index contributed by atoms with van der Waals surface area (Å²) in [6, 6.07) is 5.40. The van der Waals surface area contributed by atoms with Gasteiger partial charge in [0.2, 0.25) is 20.9 Å². The normalized spacial score (nSPS) is 20.9. The number of halogens is 1. The molecule has 33 heavy (non-hydrogen) atoms. The summed E-state index contributed by atoms with van der Waals surface area (Å²) in [5, 5.41) is -0.0575. The van der Waals surface area contributed by atoms with Crippen LogP contribution >= 0.6 is 0 Å². The van der Waals surface area contributed by atoms with E-state index in [4.69, 9.17) is 9.47 Å². The second kappa shape index (κ2) is 10.3. The number of hydrogen-bond donors (Lipinski definition) is 0. The van der Waals surface area contributed by atoms with Crippen molar-refractivity contribution in [3.63, 3.8) is 0 Å². The Bertz CT molecular complexity index is 1060. The summed E-state index contributed by atoms with van der Waals surface area (Å²) in [5.74, 6) is -0.818. The van der Waals surface area contributed by atoms with Crippen LogP contribution in [-0.2, 0) is 42.9 Å². The molecular formula is C23H30FN3O5S. The highest BCUT2D eigenvalue weighted by molar-refractivity contribution is 7.90. The molecule has 2 aliphatic heterocycles. The first-order valence-electron chi connectivity index (χ1n) is 11.3. The number of carbonyl (C=O) groups excluding carboxylic acids is 1. The first-order valence-corrected chi connectivity index (χ1v) is 13.0. The molecule has 0 bridgehead atoms. The van der Waals surface area contributed by atoms with Gasteiger partial charge in [0.1, 0.15) is 5.82 Å². The van der Waals surface area contributed by atoms with E-state index >= 15 is 0 Å². The summed E-state index contributed by atoms with van der Waals surface area (Å²) in [5.41, 5.74) is 1.12. The maximum Gasteiger partial charge on any atom is 0.228 e. The lowest BCUT2D eigenvalue weighted by molar-refractivity contribution is -0.131. The van der Waals surface area contributed by atoms with Crippen LogP contribution in [0.2, 0.25) is 0 Å². The Hall–Kier alpha value is -2.30. The monoisotopic (exact) mass is 479 g/mol. The van der Waals surface area contributed by atoms with E-state index in [1.807, 2.05) is 0 Å². The molecule has 0 saturated carbocycles. The number of carbonyl (C=O) groups is 1. The zero-order chi connectivity index (χ0) is 23.4. The average molecular weight is 480 g/mol. The van der Waals surface area contributed by atoms with E-state index in [0.29, 0.717) is 37.6 Å². The quantitative estimate of drug-likeness (QED) is 0.549. The molecule has 1 aromatic heterocycles. The largest absolute Gasteiger partial charge is 0.376 e. The smallest absolute Gasteiger partial charge is 0.228 e. The Morgan fingerprint density at radius 2 is 1.82 bits per heavy atom. The molecule has 3 heterocycles. The molecule has 2 aromatic rings. The van der Waals surface area contributed by atoms with Crippen LogP contribution in [0.25, 0.3) is 0 Å². The number of imidazole rings is 1. The second-order valence-corrected chi connectivity index (χ2v) is 10.6. The number of sulfone groups is 1. The SMILES string of the molecule is CC(=O)N(Cc1cnc(S(=O)(=O)Cc2ccc(F)cc2)n1CC1CCCO1)CC1CCCO1. The number of rotatable bonds is 9. The van der Waals surface area contributed by atoms with E-state index in [0.717, 1.165) is 25.7 Å². The van der Waals surface area contributed by atoms with E-state index in [2.05, 4.69) is 4.98 Å². The van der Waals surface area contributed by atoms with Gasteiger partial charge in [-0.05, 0) is 43.4 Å². The van der Waals surface area contributed by atoms with Gasteiger partial charge in [0.25, 0.3) is 0 Å². The average Bonchev–Trinajstić information content (AvgIpc) is 3.53. The molecule has 0 radical (unpaired) electrons. The topological polar surface area (TPSA) is 90.7 Å². The van der Waals surface area contributed by atoms with Crippen molar-refractivity contribution in [1.29, 1.82) is 0 Å². The van der Waals surface area contributed by atoms with E-state index in [1.54, 1.807) is 9.47 Å². The predicted molar refractivity (Wildman–Crippen MR) is 119 cm³/mol. The second-order valence-electron chi connectivity index (χ2n) is 8.70. The fraction of sp³-hybridized carbons (Fsp3) is 0.565. The lowest BCUT2D eigenvalue weighted by Gasteiger charge is -2.25. The summed E-state index contributed by atoms with van der Waals surface area (Å²) in [7, 11) is -3.81. The highest BCUT2D eigenvalue weighted by atomic mass is 32.2. The fourth-order valence-corrected chi connectivity index (χ4v) is 5.85. The minimum Gasteiger partial charge on any atom is -0.376 e. The summed E-state index contributed by atoms with van der Waals surface area (Å²) < 4.78 is 52.9. The third-order valence-corrected chi connectivity index (χ3v) is 7.70. The van der Waals surface area contributed by atoms with Gasteiger partial charge < -0.3 is 18.9 Å². The molecule has 1 aromatic carbocycles. The van der Waals surface area contributed by atoms with Gasteiger partial charge in [0.05, 0.1) is 42.9 Å². The number of aromatic nitrogens is 2. The number of nitrogens with zero attached hydrogens (tertiary/aromatic N) is 3. The molecular weight excluding hydrogens is 449 g/mol. The Morgan fingerprint density at radius 3 is 2.42 bits per heavy atom. The molecule has 2 fully saturated rings. The molecule has 8 nitrogen and oxygen atoms in total. The van der Waals surface area contributed by atoms with Gasteiger partial charge in [-0.2, -0.15) is 0 Å². The standard InChI is InChI=1S/C23H30FN3O5S/c1-17(28)26(14-21-4-2-10-31-21)13-20-12-25-23(27(20)15-22-5-3-11-32-22)33(29,30)16-18-6-8-19(24)9-7-18/h6-9,12,21-22H,2-5,10-11,13-16H2,1H3. The number of benzene rings is 1. The van der Waals surface area contributed by atoms with E-state index in [-0.39, 0.29) is 35.6 Å². The van der Waals surface area contributed by atoms with Gasteiger partial charge in [0, 0.05) is 26.7 Å². The molecule has 2 atom stereocenters. The third-order valence-electron chi connectivity index (χ3n) is 6.11. The molecule has 1 amide bonds. The Labute approximate surface area is 193 Å². The minimum atomic E-state index is -3.81. The Kier molecular flexibility index (Phi) is 7.45. The first-order chi connectivity index (χ1) is 15.8. The lowest BCUT2D eigenvalue weighted by atomic mass is 10.2. The van der Waals surface area contributed by atoms with Crippen molar-refractivity contribution < 1.29 is 27.1 Å². The molecule has 2 saturated heterocycles. The van der Waals surface area contributed by atoms with Crippen LogP contribution in [0.5, 0.6) is 0 Å². The van der Waals surface area contributed by atoms with Crippen LogP contribution in [0.15, 0.2) is 35.6 Å². The van der Waals surface area contributed by atoms with Crippen LogP contribution in [-0.4, -0.2) is 60.7 Å². The molecule has 180 valence electrons. The summed E-state index contributed by atoms with van der Waals surface area (Å²) in [6.45, 7) is 3.88. The van der Waals surface area contributed by atoms with Gasteiger partial charge in [0.15, 0.2) is 0 Å². The van der Waals surface area contributed by atoms with Crippen molar-refractivity contribution in [2.75, 3.05) is 19.8 Å². The number of ether oxygens (including phenoxy) is 2. The Balaban J connectivity index is 1.61. The predicted octanol–water partition coefficient (Wildman–Crippen LogP) is 2.70. The van der Waals surface area contributed by atoms with Gasteiger partial charge in [-0.25, -0.2) is 17.8 Å². The maximum absolute atomic E-state index is 13.3. The maximum atomic E-state index is 13.3. The van der Waals surface area contributed by atoms with E-state index < -0.39 is 15.7 Å². The van der Waals surface area contributed by atoms with Gasteiger partial charge in [-0.3, -0.25) is 4.79 Å². The van der Waals surface area contributed by atoms with Gasteiger partial charge in [-0.15, -0.1) is 0 Å². The molecule has 0 spiro atoms. The van der Waals surface area contributed by atoms with E-state index in [9.17, 15) is 17.6 Å². The fourth-order valence-electron chi connectivity index (χ4n) is 4.35. The number of amides is 1. The van der Waals surface area contributed by atoms with E-state index in [1.165, 1.54) is 37.4 Å². The Morgan fingerprint density at radius 1 is 1.15 bits per heavy atom. The summed E-state index contributed by atoms with van der Waals surface area (Å²) in [4.78, 5) is 18.3. The van der Waals surface area contributed by atoms with Crippen LogP contribution in [0.4, 0.5) is 4.39 Å². The van der Waals surface area contributed by atoms with Gasteiger partial charge >= 0.3 is 0 Å². The van der Waals surface area contributed by atoms with Crippen molar-refractivity contribution in [1.82, 2.24) is 14.5 Å². The van der Waals surface area contributed by atoms with Crippen LogP contribution < -0.4 is 0 Å². The molecule has 2 aliphatic rings. The molecule has 0 N–H and O–H groups in total. The first kappa shape index (κ1) is 23.8. The zero-order valence-electron chi connectivity index (χ0n) is 18.8. The van der Waals surface area contributed by atoms with Gasteiger partial charge in [-0.1, -0.05) is 12.1 Å². The van der Waals surface area contributed by atoms with Crippen LogP contribution in [0.1, 0.15) is 43.9 Å².